The van der Waals surface area contributed by atoms with E-state index in [1.165, 1.54) is 0 Å². The normalized spacial score (nSPS) is 9.10. The number of aliphatic hydroxyl groups is 2. The molecule has 0 spiro atoms. The molecule has 6 heteroatoms. The molecule has 0 aromatic carbocycles. The lowest BCUT2D eigenvalue weighted by Crippen LogP contribution is -2.45. The van der Waals surface area contributed by atoms with Crippen molar-refractivity contribution in [3.05, 3.63) is 0 Å². The van der Waals surface area contributed by atoms with E-state index in [0.29, 0.717) is 0 Å². The highest BCUT2D eigenvalue weighted by molar-refractivity contribution is 5.95. The van der Waals surface area contributed by atoms with E-state index < -0.39 is 25.0 Å². The number of carbonyl (C=O) groups excluding carboxylic acids is 2. The minimum Gasteiger partial charge on any atom is -0.386 e. The molecule has 0 radical (unpaired) electrons. The smallest absolute Gasteiger partial charge is 0.269 e. The van der Waals surface area contributed by atoms with Crippen molar-refractivity contribution in [3.63, 3.8) is 0 Å². The Labute approximate surface area is 56.8 Å². The van der Waals surface area contributed by atoms with E-state index in [-0.39, 0.29) is 5.01 Å². The molecule has 0 bridgehead atoms. The number of amides is 2. The van der Waals surface area contributed by atoms with Gasteiger partial charge in [0.05, 0.1) is 0 Å². The Hall–Kier alpha value is -0.980. The number of rotatable bonds is 2. The molecule has 0 aromatic heterocycles. The van der Waals surface area contributed by atoms with Gasteiger partial charge in [-0.2, -0.15) is 0 Å². The number of imide groups is 1. The lowest BCUT2D eigenvalue weighted by Gasteiger charge is -2.10. The van der Waals surface area contributed by atoms with Gasteiger partial charge in [-0.1, -0.05) is 0 Å². The fraction of sp³-hybridized carbons (Fsp3) is 0.500. The quantitative estimate of drug-likeness (QED) is 0.223. The first kappa shape index (κ1) is 9.02. The highest BCUT2D eigenvalue weighted by Gasteiger charge is 2.14. The number of nitrogens with zero attached hydrogens (tertiary/aromatic N) is 1. The van der Waals surface area contributed by atoms with Gasteiger partial charge in [-0.05, 0) is 0 Å². The van der Waals surface area contributed by atoms with Gasteiger partial charge in [0.2, 0.25) is 0 Å². The van der Waals surface area contributed by atoms with Crippen LogP contribution < -0.4 is 5.84 Å². The van der Waals surface area contributed by atoms with Crippen LogP contribution in [0.5, 0.6) is 0 Å². The van der Waals surface area contributed by atoms with Crippen molar-refractivity contribution in [1.82, 2.24) is 5.01 Å². The van der Waals surface area contributed by atoms with Crippen LogP contribution in [0.2, 0.25) is 0 Å². The standard InChI is InChI=1S/C4H8N2O4/c5-6(3(9)1-7)4(10)2-8/h7-8H,1-2,5H2. The van der Waals surface area contributed by atoms with Crippen molar-refractivity contribution in [2.75, 3.05) is 13.2 Å². The Kier molecular flexibility index (Phi) is 3.55. The van der Waals surface area contributed by atoms with Crippen LogP contribution in [0.1, 0.15) is 0 Å². The minimum absolute atomic E-state index is 0.167. The molecule has 4 N–H and O–H groups in total. The first-order valence-corrected chi connectivity index (χ1v) is 2.45. The van der Waals surface area contributed by atoms with E-state index in [4.69, 9.17) is 16.1 Å². The summed E-state index contributed by atoms with van der Waals surface area (Å²) in [5.74, 6) is 2.91. The summed E-state index contributed by atoms with van der Waals surface area (Å²) < 4.78 is 0. The summed E-state index contributed by atoms with van der Waals surface area (Å²) in [6, 6.07) is 0. The summed E-state index contributed by atoms with van der Waals surface area (Å²) in [6.07, 6.45) is 0. The van der Waals surface area contributed by atoms with Crippen LogP contribution in [0.15, 0.2) is 0 Å². The highest BCUT2D eigenvalue weighted by atomic mass is 16.3. The molecule has 0 aliphatic heterocycles. The maximum atomic E-state index is 10.3. The van der Waals surface area contributed by atoms with Crippen molar-refractivity contribution >= 4 is 11.8 Å². The molecule has 2 amide bonds. The number of nitrogens with two attached hydrogens (primary N) is 1. The fourth-order valence-corrected chi connectivity index (χ4v) is 0.291. The Bertz CT molecular complexity index is 130. The summed E-state index contributed by atoms with van der Waals surface area (Å²) in [4.78, 5) is 20.7. The number of hydrogen-bond acceptors (Lipinski definition) is 5. The van der Waals surface area contributed by atoms with E-state index in [1.807, 2.05) is 0 Å². The summed E-state index contributed by atoms with van der Waals surface area (Å²) in [7, 11) is 0. The summed E-state index contributed by atoms with van der Waals surface area (Å²) in [5, 5.41) is 16.5. The van der Waals surface area contributed by atoms with Crippen molar-refractivity contribution in [3.8, 4) is 0 Å². The fourth-order valence-electron chi connectivity index (χ4n) is 0.291. The van der Waals surface area contributed by atoms with E-state index in [0.717, 1.165) is 0 Å². The Morgan fingerprint density at radius 2 is 1.50 bits per heavy atom. The molecule has 0 rings (SSSR count). The van der Waals surface area contributed by atoms with Gasteiger partial charge < -0.3 is 10.2 Å². The van der Waals surface area contributed by atoms with Crippen LogP contribution in [-0.2, 0) is 9.59 Å². The number of hydrogen-bond donors (Lipinski definition) is 3. The van der Waals surface area contributed by atoms with E-state index in [9.17, 15) is 9.59 Å². The molecule has 10 heavy (non-hydrogen) atoms. The van der Waals surface area contributed by atoms with Crippen molar-refractivity contribution in [2.24, 2.45) is 5.84 Å². The van der Waals surface area contributed by atoms with Gasteiger partial charge in [0.15, 0.2) is 0 Å². The molecule has 6 nitrogen and oxygen atoms in total. The lowest BCUT2D eigenvalue weighted by atomic mass is 10.5. The third-order valence-electron chi connectivity index (χ3n) is 0.808. The van der Waals surface area contributed by atoms with Crippen LogP contribution in [0.4, 0.5) is 0 Å². The summed E-state index contributed by atoms with van der Waals surface area (Å²) >= 11 is 0. The summed E-state index contributed by atoms with van der Waals surface area (Å²) in [5.41, 5.74) is 0. The second-order valence-corrected chi connectivity index (χ2v) is 1.47. The lowest BCUT2D eigenvalue weighted by molar-refractivity contribution is -0.148. The SMILES string of the molecule is NN(C(=O)CO)C(=O)CO. The molecule has 0 heterocycles. The van der Waals surface area contributed by atoms with Gasteiger partial charge in [0.25, 0.3) is 11.8 Å². The zero-order valence-corrected chi connectivity index (χ0v) is 5.15. The molecule has 0 saturated carbocycles. The molecule has 0 saturated heterocycles. The monoisotopic (exact) mass is 148 g/mol. The van der Waals surface area contributed by atoms with Crippen molar-refractivity contribution in [2.45, 2.75) is 0 Å². The van der Waals surface area contributed by atoms with E-state index in [2.05, 4.69) is 0 Å². The first-order valence-electron chi connectivity index (χ1n) is 2.45. The maximum Gasteiger partial charge on any atom is 0.269 e. The van der Waals surface area contributed by atoms with Gasteiger partial charge in [-0.3, -0.25) is 9.59 Å². The average Bonchev–Trinajstić information content (AvgIpc) is 2.00. The largest absolute Gasteiger partial charge is 0.386 e. The maximum absolute atomic E-state index is 10.3. The van der Waals surface area contributed by atoms with E-state index in [1.54, 1.807) is 0 Å². The Balaban J connectivity index is 3.94. The minimum atomic E-state index is -0.945. The van der Waals surface area contributed by atoms with Gasteiger partial charge in [-0.25, -0.2) is 10.9 Å². The van der Waals surface area contributed by atoms with E-state index >= 15 is 0 Å². The predicted octanol–water partition coefficient (Wildman–Crippen LogP) is -2.80. The molecule has 0 unspecified atom stereocenters. The highest BCUT2D eigenvalue weighted by Crippen LogP contribution is 1.79. The van der Waals surface area contributed by atoms with Crippen LogP contribution in [0, 0.1) is 0 Å². The number of aliphatic hydroxyl groups excluding tert-OH is 2. The van der Waals surface area contributed by atoms with Crippen molar-refractivity contribution < 1.29 is 19.8 Å². The van der Waals surface area contributed by atoms with Crippen LogP contribution >= 0.6 is 0 Å². The van der Waals surface area contributed by atoms with Gasteiger partial charge >= 0.3 is 0 Å². The zero-order valence-electron chi connectivity index (χ0n) is 5.15. The molecule has 0 aromatic rings. The molecule has 0 atom stereocenters. The molecule has 58 valence electrons. The van der Waals surface area contributed by atoms with Crippen molar-refractivity contribution in [1.29, 1.82) is 0 Å². The van der Waals surface area contributed by atoms with Gasteiger partial charge in [-0.15, -0.1) is 0 Å². The zero-order chi connectivity index (χ0) is 8.15. The molecular formula is C4H8N2O4. The Morgan fingerprint density at radius 1 is 1.20 bits per heavy atom. The third-order valence-corrected chi connectivity index (χ3v) is 0.808. The molecule has 0 fully saturated rings. The van der Waals surface area contributed by atoms with Gasteiger partial charge in [0, 0.05) is 0 Å². The number of carbonyl (C=O) groups is 2. The molecule has 0 aliphatic rings. The van der Waals surface area contributed by atoms with Crippen LogP contribution in [0.25, 0.3) is 0 Å². The molecular weight excluding hydrogens is 140 g/mol. The van der Waals surface area contributed by atoms with Crippen LogP contribution in [-0.4, -0.2) is 40.3 Å². The number of hydrazine groups is 1. The first-order chi connectivity index (χ1) is 4.63. The third kappa shape index (κ3) is 2.09. The predicted molar refractivity (Wildman–Crippen MR) is 30.2 cm³/mol. The summed E-state index contributed by atoms with van der Waals surface area (Å²) in [6.45, 7) is -1.69. The van der Waals surface area contributed by atoms with Gasteiger partial charge in [0.1, 0.15) is 13.2 Å². The second-order valence-electron chi connectivity index (χ2n) is 1.47. The molecule has 0 aliphatic carbocycles. The second kappa shape index (κ2) is 3.94. The Morgan fingerprint density at radius 3 is 1.70 bits per heavy atom. The van der Waals surface area contributed by atoms with Crippen LogP contribution in [0.3, 0.4) is 0 Å². The average molecular weight is 148 g/mol. The topological polar surface area (TPSA) is 104 Å².